The number of likely N-dealkylation sites (tertiary alicyclic amines) is 1. The van der Waals surface area contributed by atoms with Crippen LogP contribution in [0.1, 0.15) is 36.5 Å². The van der Waals surface area contributed by atoms with Crippen molar-refractivity contribution in [3.05, 3.63) is 57.6 Å². The average molecular weight is 461 g/mol. The first-order valence-corrected chi connectivity index (χ1v) is 11.2. The van der Waals surface area contributed by atoms with Crippen LogP contribution in [-0.2, 0) is 16.0 Å². The predicted octanol–water partition coefficient (Wildman–Crippen LogP) is 3.76. The number of rotatable bonds is 4. The van der Waals surface area contributed by atoms with Crippen LogP contribution < -0.4 is 9.64 Å². The van der Waals surface area contributed by atoms with Crippen LogP contribution in [0, 0.1) is 0 Å². The lowest BCUT2D eigenvalue weighted by atomic mass is 10.1. The fourth-order valence-corrected chi connectivity index (χ4v) is 5.44. The highest BCUT2D eigenvalue weighted by Gasteiger charge is 2.42. The lowest BCUT2D eigenvalue weighted by molar-refractivity contribution is -0.121. The van der Waals surface area contributed by atoms with Gasteiger partial charge >= 0.3 is 0 Å². The van der Waals surface area contributed by atoms with Gasteiger partial charge in [-0.1, -0.05) is 29.3 Å². The Morgan fingerprint density at radius 3 is 2.55 bits per heavy atom. The summed E-state index contributed by atoms with van der Waals surface area (Å²) in [6, 6.07) is 10.7. The first kappa shape index (κ1) is 20.8. The minimum Gasteiger partial charge on any atom is -0.484 e. The van der Waals surface area contributed by atoms with E-state index in [1.807, 2.05) is 12.1 Å². The van der Waals surface area contributed by atoms with Gasteiger partial charge in [0.25, 0.3) is 0 Å². The minimum absolute atomic E-state index is 0.00169. The Labute approximate surface area is 190 Å². The molecule has 1 aliphatic carbocycles. The summed E-state index contributed by atoms with van der Waals surface area (Å²) in [5.41, 5.74) is 2.45. The quantitative estimate of drug-likeness (QED) is 0.703. The number of ether oxygens (including phenoxy) is 1. The molecule has 2 fully saturated rings. The maximum absolute atomic E-state index is 12.1. The van der Waals surface area contributed by atoms with Crippen molar-refractivity contribution in [2.75, 3.05) is 18.0 Å². The Morgan fingerprint density at radius 2 is 1.84 bits per heavy atom. The molecular formula is C23H22Cl2N2O4. The number of hydrogen-bond acceptors (Lipinski definition) is 5. The monoisotopic (exact) mass is 460 g/mol. The number of hydrogen-bond donors (Lipinski definition) is 1. The van der Waals surface area contributed by atoms with Crippen LogP contribution in [0.4, 0.5) is 5.69 Å². The number of carbonyl (C=O) groups excluding carboxylic acids is 2. The van der Waals surface area contributed by atoms with Crippen molar-refractivity contribution in [2.45, 2.75) is 43.9 Å². The number of β-amino-alcohol motifs (C(OH)–C–C–N with tert-alkyl or cyclic N) is 1. The van der Waals surface area contributed by atoms with Gasteiger partial charge in [0.15, 0.2) is 0 Å². The summed E-state index contributed by atoms with van der Waals surface area (Å²) in [6.45, 7) is 1.36. The predicted molar refractivity (Wildman–Crippen MR) is 118 cm³/mol. The lowest BCUT2D eigenvalue weighted by Gasteiger charge is -2.30. The van der Waals surface area contributed by atoms with Crippen molar-refractivity contribution in [1.29, 1.82) is 0 Å². The molecule has 5 rings (SSSR count). The van der Waals surface area contributed by atoms with Crippen LogP contribution >= 0.6 is 23.2 Å². The van der Waals surface area contributed by atoms with E-state index in [1.165, 1.54) is 4.90 Å². The van der Waals surface area contributed by atoms with E-state index < -0.39 is 0 Å². The third-order valence-corrected chi connectivity index (χ3v) is 6.87. The van der Waals surface area contributed by atoms with Gasteiger partial charge in [0.05, 0.1) is 17.8 Å². The van der Waals surface area contributed by atoms with Crippen LogP contribution in [0.25, 0.3) is 0 Å². The van der Waals surface area contributed by atoms with E-state index in [-0.39, 0.29) is 42.9 Å². The van der Waals surface area contributed by atoms with Gasteiger partial charge in [-0.2, -0.15) is 0 Å². The van der Waals surface area contributed by atoms with Gasteiger partial charge in [-0.15, -0.1) is 0 Å². The maximum Gasteiger partial charge on any atom is 0.234 e. The van der Waals surface area contributed by atoms with E-state index in [0.29, 0.717) is 34.4 Å². The molecule has 0 unspecified atom stereocenters. The summed E-state index contributed by atoms with van der Waals surface area (Å²) in [4.78, 5) is 27.7. The van der Waals surface area contributed by atoms with Crippen LogP contribution in [-0.4, -0.2) is 47.1 Å². The molecule has 3 atom stereocenters. The molecule has 2 aromatic rings. The number of aliphatic hydroxyl groups is 1. The molecule has 2 aromatic carbocycles. The third-order valence-electron chi connectivity index (χ3n) is 6.32. The van der Waals surface area contributed by atoms with Gasteiger partial charge in [-0.05, 0) is 42.7 Å². The van der Waals surface area contributed by atoms with Gasteiger partial charge in [-0.25, -0.2) is 0 Å². The van der Waals surface area contributed by atoms with Crippen molar-refractivity contribution < 1.29 is 19.4 Å². The molecule has 2 saturated heterocycles. The Bertz CT molecular complexity index is 1040. The number of carbonyl (C=O) groups is 2. The SMILES string of the molecule is O=C1CCC(=O)N1c1cccc(O[C@H]2c3cc(Cl)cc(Cl)c3C[C@@H]2N2CC[C@@H](O)C2)c1. The first-order valence-electron chi connectivity index (χ1n) is 10.4. The van der Waals surface area contributed by atoms with E-state index in [4.69, 9.17) is 27.9 Å². The molecule has 0 radical (unpaired) electrons. The zero-order chi connectivity index (χ0) is 21.7. The van der Waals surface area contributed by atoms with Crippen molar-refractivity contribution in [1.82, 2.24) is 4.90 Å². The summed E-state index contributed by atoms with van der Waals surface area (Å²) in [5, 5.41) is 11.2. The van der Waals surface area contributed by atoms with E-state index >= 15 is 0 Å². The molecule has 0 bridgehead atoms. The van der Waals surface area contributed by atoms with Crippen LogP contribution in [0.5, 0.6) is 5.75 Å². The average Bonchev–Trinajstić information content (AvgIpc) is 3.40. The Kier molecular flexibility index (Phi) is 5.42. The largest absolute Gasteiger partial charge is 0.484 e. The van der Waals surface area contributed by atoms with E-state index in [0.717, 1.165) is 24.1 Å². The topological polar surface area (TPSA) is 70.1 Å². The Hall–Kier alpha value is -2.12. The van der Waals surface area contributed by atoms with E-state index in [2.05, 4.69) is 4.90 Å². The summed E-state index contributed by atoms with van der Waals surface area (Å²) in [6.07, 6.45) is 1.21. The number of aliphatic hydroxyl groups excluding tert-OH is 1. The third kappa shape index (κ3) is 3.82. The molecule has 8 heteroatoms. The lowest BCUT2D eigenvalue weighted by Crippen LogP contribution is -2.39. The second kappa shape index (κ2) is 8.10. The number of nitrogens with zero attached hydrogens (tertiary/aromatic N) is 2. The Morgan fingerprint density at radius 1 is 1.06 bits per heavy atom. The molecule has 2 aliphatic heterocycles. The highest BCUT2D eigenvalue weighted by atomic mass is 35.5. The number of imide groups is 1. The zero-order valence-electron chi connectivity index (χ0n) is 16.8. The molecule has 2 heterocycles. The molecule has 1 N–H and O–H groups in total. The molecule has 162 valence electrons. The zero-order valence-corrected chi connectivity index (χ0v) is 18.3. The second-order valence-electron chi connectivity index (χ2n) is 8.32. The van der Waals surface area contributed by atoms with E-state index in [1.54, 1.807) is 24.3 Å². The summed E-state index contributed by atoms with van der Waals surface area (Å²) in [5.74, 6) is 0.162. The van der Waals surface area contributed by atoms with Gasteiger partial charge in [0.2, 0.25) is 11.8 Å². The molecule has 31 heavy (non-hydrogen) atoms. The highest BCUT2D eigenvalue weighted by Crippen LogP contribution is 2.43. The normalized spacial score (nSPS) is 26.0. The van der Waals surface area contributed by atoms with Crippen LogP contribution in [0.2, 0.25) is 10.0 Å². The minimum atomic E-state index is -0.348. The van der Waals surface area contributed by atoms with Crippen molar-refractivity contribution in [3.8, 4) is 5.75 Å². The molecular weight excluding hydrogens is 439 g/mol. The highest BCUT2D eigenvalue weighted by molar-refractivity contribution is 6.35. The van der Waals surface area contributed by atoms with Gasteiger partial charge in [0.1, 0.15) is 11.9 Å². The smallest absolute Gasteiger partial charge is 0.234 e. The molecule has 0 aromatic heterocycles. The number of anilines is 1. The summed E-state index contributed by atoms with van der Waals surface area (Å²) < 4.78 is 6.45. The summed E-state index contributed by atoms with van der Waals surface area (Å²) in [7, 11) is 0. The van der Waals surface area contributed by atoms with Gasteiger partial charge in [-0.3, -0.25) is 19.4 Å². The number of halogens is 2. The van der Waals surface area contributed by atoms with E-state index in [9.17, 15) is 14.7 Å². The van der Waals surface area contributed by atoms with Gasteiger partial charge < -0.3 is 9.84 Å². The molecule has 0 spiro atoms. The van der Waals surface area contributed by atoms with Crippen molar-refractivity contribution in [3.63, 3.8) is 0 Å². The second-order valence-corrected chi connectivity index (χ2v) is 9.17. The van der Waals surface area contributed by atoms with Crippen LogP contribution in [0.15, 0.2) is 36.4 Å². The number of amides is 2. The molecule has 2 amide bonds. The Balaban J connectivity index is 1.48. The standard InChI is InChI=1S/C23H22Cl2N2O4/c24-13-8-18-17(19(25)9-13)11-20(26-7-6-15(28)12-26)23(18)31-16-3-1-2-14(10-16)27-21(29)4-5-22(27)30/h1-3,8-10,15,20,23,28H,4-7,11-12H2/t15-,20+,23+/m1/s1. The molecule has 6 nitrogen and oxygen atoms in total. The molecule has 3 aliphatic rings. The van der Waals surface area contributed by atoms with Crippen molar-refractivity contribution in [2.24, 2.45) is 0 Å². The summed E-state index contributed by atoms with van der Waals surface area (Å²) >= 11 is 12.8. The fraction of sp³-hybridized carbons (Fsp3) is 0.391. The van der Waals surface area contributed by atoms with Crippen molar-refractivity contribution >= 4 is 40.7 Å². The molecule has 0 saturated carbocycles. The maximum atomic E-state index is 12.1. The van der Waals surface area contributed by atoms with Gasteiger partial charge in [0, 0.05) is 47.6 Å². The number of benzene rings is 2. The number of fused-ring (bicyclic) bond motifs is 1. The first-order chi connectivity index (χ1) is 14.9. The fourth-order valence-electron chi connectivity index (χ4n) is 4.86. The van der Waals surface area contributed by atoms with Crippen LogP contribution in [0.3, 0.4) is 0 Å².